The fraction of sp³-hybridized carbons (Fsp3) is 0.364. The number of nitrogens with two attached hydrogens (primary N) is 1. The van der Waals surface area contributed by atoms with Crippen LogP contribution in [0.1, 0.15) is 38.2 Å². The molecule has 0 spiro atoms. The molecule has 3 N–H and O–H groups in total. The number of hydrogen-bond acceptors (Lipinski definition) is 5. The van der Waals surface area contributed by atoms with E-state index in [0.29, 0.717) is 19.0 Å². The smallest absolute Gasteiger partial charge is 0.332 e. The molecular formula is C22H29N3O4. The lowest BCUT2D eigenvalue weighted by molar-refractivity contribution is 0.216. The highest BCUT2D eigenvalue weighted by Gasteiger charge is 2.02. The van der Waals surface area contributed by atoms with Crippen LogP contribution in [0.4, 0.5) is 4.79 Å². The lowest BCUT2D eigenvalue weighted by Crippen LogP contribution is -2.24. The molecule has 2 aromatic rings. The Balaban J connectivity index is 1.71. The van der Waals surface area contributed by atoms with Crippen molar-refractivity contribution in [2.75, 3.05) is 19.8 Å². The third kappa shape index (κ3) is 9.01. The van der Waals surface area contributed by atoms with Crippen molar-refractivity contribution in [1.82, 2.24) is 5.43 Å². The number of benzene rings is 2. The summed E-state index contributed by atoms with van der Waals surface area (Å²) >= 11 is 0. The molecule has 0 saturated heterocycles. The first-order valence-electron chi connectivity index (χ1n) is 9.85. The van der Waals surface area contributed by atoms with Crippen LogP contribution in [-0.2, 0) is 0 Å². The molecule has 0 radical (unpaired) electrons. The van der Waals surface area contributed by atoms with Gasteiger partial charge in [0.1, 0.15) is 30.5 Å². The number of ether oxygens (including phenoxy) is 3. The first kappa shape index (κ1) is 22.1. The van der Waals surface area contributed by atoms with Crippen molar-refractivity contribution >= 4 is 12.2 Å². The topological polar surface area (TPSA) is 95.2 Å². The van der Waals surface area contributed by atoms with Gasteiger partial charge < -0.3 is 19.9 Å². The lowest BCUT2D eigenvalue weighted by atomic mass is 10.2. The van der Waals surface area contributed by atoms with Gasteiger partial charge in [-0.05, 0) is 42.8 Å². The van der Waals surface area contributed by atoms with Gasteiger partial charge in [-0.15, -0.1) is 0 Å². The number of carbonyl (C=O) groups excluding carboxylic acids is 1. The average molecular weight is 399 g/mol. The van der Waals surface area contributed by atoms with Crippen molar-refractivity contribution < 1.29 is 19.0 Å². The Morgan fingerprint density at radius 1 is 0.931 bits per heavy atom. The Kier molecular flexibility index (Phi) is 9.93. The van der Waals surface area contributed by atoms with Crippen molar-refractivity contribution in [1.29, 1.82) is 0 Å². The number of hydrogen-bond donors (Lipinski definition) is 2. The fourth-order valence-corrected chi connectivity index (χ4v) is 2.55. The molecule has 0 aliphatic carbocycles. The number of hydrazone groups is 1. The van der Waals surface area contributed by atoms with Crippen LogP contribution < -0.4 is 25.4 Å². The minimum Gasteiger partial charge on any atom is -0.494 e. The number of nitrogens with one attached hydrogen (secondary N) is 1. The van der Waals surface area contributed by atoms with Crippen LogP contribution in [0.25, 0.3) is 0 Å². The van der Waals surface area contributed by atoms with Crippen LogP contribution >= 0.6 is 0 Å². The largest absolute Gasteiger partial charge is 0.494 e. The summed E-state index contributed by atoms with van der Waals surface area (Å²) in [4.78, 5) is 10.7. The van der Waals surface area contributed by atoms with Gasteiger partial charge in [0.25, 0.3) is 0 Å². The van der Waals surface area contributed by atoms with Gasteiger partial charge in [-0.1, -0.05) is 38.3 Å². The molecule has 0 aromatic heterocycles. The Bertz CT molecular complexity index is 763. The summed E-state index contributed by atoms with van der Waals surface area (Å²) in [6, 6.07) is 14.2. The molecule has 7 heteroatoms. The van der Waals surface area contributed by atoms with Crippen molar-refractivity contribution in [3.05, 3.63) is 54.1 Å². The van der Waals surface area contributed by atoms with Crippen LogP contribution in [0.5, 0.6) is 17.2 Å². The van der Waals surface area contributed by atoms with E-state index in [1.165, 1.54) is 25.5 Å². The van der Waals surface area contributed by atoms with Crippen LogP contribution in [0, 0.1) is 0 Å². The maximum absolute atomic E-state index is 10.7. The van der Waals surface area contributed by atoms with Gasteiger partial charge in [-0.3, -0.25) is 0 Å². The zero-order chi connectivity index (χ0) is 20.7. The van der Waals surface area contributed by atoms with Gasteiger partial charge in [0, 0.05) is 5.56 Å². The predicted octanol–water partition coefficient (Wildman–Crippen LogP) is 4.11. The monoisotopic (exact) mass is 399 g/mol. The van der Waals surface area contributed by atoms with E-state index >= 15 is 0 Å². The zero-order valence-corrected chi connectivity index (χ0v) is 16.8. The van der Waals surface area contributed by atoms with E-state index in [2.05, 4.69) is 17.5 Å². The van der Waals surface area contributed by atoms with Crippen LogP contribution in [0.3, 0.4) is 0 Å². The maximum Gasteiger partial charge on any atom is 0.332 e. The number of rotatable bonds is 13. The molecule has 156 valence electrons. The molecule has 2 aromatic carbocycles. The molecule has 0 fully saturated rings. The van der Waals surface area contributed by atoms with Crippen LogP contribution in [0.2, 0.25) is 0 Å². The predicted molar refractivity (Wildman–Crippen MR) is 114 cm³/mol. The second-order valence-electron chi connectivity index (χ2n) is 6.35. The second kappa shape index (κ2) is 13.0. The molecule has 7 nitrogen and oxygen atoms in total. The number of primary amides is 1. The molecule has 0 heterocycles. The molecule has 0 bridgehead atoms. The number of unbranched alkanes of at least 4 members (excludes halogenated alkanes) is 3. The highest BCUT2D eigenvalue weighted by molar-refractivity contribution is 5.84. The normalized spacial score (nSPS) is 10.7. The maximum atomic E-state index is 10.7. The Labute approximate surface area is 171 Å². The molecule has 0 unspecified atom stereocenters. The third-order valence-electron chi connectivity index (χ3n) is 4.00. The van der Waals surface area contributed by atoms with Gasteiger partial charge in [0.2, 0.25) is 0 Å². The molecule has 0 saturated carbocycles. The van der Waals surface area contributed by atoms with E-state index in [9.17, 15) is 4.79 Å². The SMILES string of the molecule is CCCCCCOc1ccc(OCCOc2ccccc2/C=N/NC(N)=O)cc1. The molecule has 0 aliphatic rings. The van der Waals surface area contributed by atoms with E-state index in [0.717, 1.165) is 30.1 Å². The van der Waals surface area contributed by atoms with Gasteiger partial charge in [-0.2, -0.15) is 5.10 Å². The van der Waals surface area contributed by atoms with Gasteiger partial charge in [0.15, 0.2) is 0 Å². The van der Waals surface area contributed by atoms with Crippen LogP contribution in [0.15, 0.2) is 53.6 Å². The van der Waals surface area contributed by atoms with E-state index in [-0.39, 0.29) is 0 Å². The van der Waals surface area contributed by atoms with Crippen molar-refractivity contribution in [3.63, 3.8) is 0 Å². The summed E-state index contributed by atoms with van der Waals surface area (Å²) in [6.45, 7) is 3.69. The minimum absolute atomic E-state index is 0.365. The third-order valence-corrected chi connectivity index (χ3v) is 4.00. The Hall–Kier alpha value is -3.22. The Morgan fingerprint density at radius 3 is 2.28 bits per heavy atom. The average Bonchev–Trinajstić information content (AvgIpc) is 2.73. The van der Waals surface area contributed by atoms with E-state index in [4.69, 9.17) is 19.9 Å². The molecular weight excluding hydrogens is 370 g/mol. The summed E-state index contributed by atoms with van der Waals surface area (Å²) in [5.74, 6) is 2.24. The highest BCUT2D eigenvalue weighted by atomic mass is 16.5. The molecule has 0 aliphatic heterocycles. The van der Waals surface area contributed by atoms with Crippen molar-refractivity contribution in [2.24, 2.45) is 10.8 Å². The summed E-state index contributed by atoms with van der Waals surface area (Å²) in [5, 5.41) is 3.75. The standard InChI is InChI=1S/C22H29N3O4/c1-2-3-4-7-14-27-19-10-12-20(13-11-19)28-15-16-29-21-9-6-5-8-18(21)17-24-25-22(23)26/h5-6,8-13,17H,2-4,7,14-16H2,1H3,(H3,23,25,26)/b24-17+. The minimum atomic E-state index is -0.721. The van der Waals surface area contributed by atoms with E-state index in [1.54, 1.807) is 0 Å². The molecule has 2 rings (SSSR count). The van der Waals surface area contributed by atoms with Crippen molar-refractivity contribution in [3.8, 4) is 17.2 Å². The summed E-state index contributed by atoms with van der Waals surface area (Å²) in [7, 11) is 0. The molecule has 0 atom stereocenters. The van der Waals surface area contributed by atoms with Gasteiger partial charge >= 0.3 is 6.03 Å². The number of nitrogens with zero attached hydrogens (tertiary/aromatic N) is 1. The fourth-order valence-electron chi connectivity index (χ4n) is 2.55. The lowest BCUT2D eigenvalue weighted by Gasteiger charge is -2.11. The Morgan fingerprint density at radius 2 is 1.59 bits per heavy atom. The van der Waals surface area contributed by atoms with E-state index < -0.39 is 6.03 Å². The van der Waals surface area contributed by atoms with Gasteiger partial charge in [-0.25, -0.2) is 10.2 Å². The number of carbonyl (C=O) groups is 1. The zero-order valence-electron chi connectivity index (χ0n) is 16.8. The van der Waals surface area contributed by atoms with Crippen LogP contribution in [-0.4, -0.2) is 32.1 Å². The van der Waals surface area contributed by atoms with E-state index in [1.807, 2.05) is 48.5 Å². The quantitative estimate of drug-likeness (QED) is 0.301. The second-order valence-corrected chi connectivity index (χ2v) is 6.35. The van der Waals surface area contributed by atoms with Gasteiger partial charge in [0.05, 0.1) is 12.8 Å². The summed E-state index contributed by atoms with van der Waals surface area (Å²) < 4.78 is 17.2. The number of amides is 2. The highest BCUT2D eigenvalue weighted by Crippen LogP contribution is 2.19. The molecule has 29 heavy (non-hydrogen) atoms. The summed E-state index contributed by atoms with van der Waals surface area (Å²) in [5.41, 5.74) is 7.86. The first-order valence-corrected chi connectivity index (χ1v) is 9.85. The number of para-hydroxylation sites is 1. The first-order chi connectivity index (χ1) is 14.2. The molecule has 2 amide bonds. The van der Waals surface area contributed by atoms with Crippen molar-refractivity contribution in [2.45, 2.75) is 32.6 Å². The number of urea groups is 1. The summed E-state index contributed by atoms with van der Waals surface area (Å²) in [6.07, 6.45) is 6.23.